The Hall–Kier alpha value is -2.38. The van der Waals surface area contributed by atoms with E-state index in [1.165, 1.54) is 0 Å². The fourth-order valence-electron chi connectivity index (χ4n) is 3.74. The third-order valence-electron chi connectivity index (χ3n) is 5.14. The van der Waals surface area contributed by atoms with Crippen molar-refractivity contribution < 1.29 is 13.2 Å². The van der Waals surface area contributed by atoms with Crippen molar-refractivity contribution in [1.29, 1.82) is 0 Å². The van der Waals surface area contributed by atoms with E-state index >= 15 is 0 Å². The van der Waals surface area contributed by atoms with E-state index in [1.54, 1.807) is 42.5 Å². The number of fused-ring (bicyclic) bond motifs is 1. The third kappa shape index (κ3) is 3.40. The number of amides is 1. The lowest BCUT2D eigenvalue weighted by Gasteiger charge is -2.36. The molecule has 1 saturated heterocycles. The van der Waals surface area contributed by atoms with E-state index in [-0.39, 0.29) is 10.8 Å². The predicted molar refractivity (Wildman–Crippen MR) is 109 cm³/mol. The van der Waals surface area contributed by atoms with Gasteiger partial charge in [-0.05, 0) is 62.1 Å². The monoisotopic (exact) mass is 417 g/mol. The molecule has 4 rings (SSSR count). The Balaban J connectivity index is 1.65. The van der Waals surface area contributed by atoms with Crippen LogP contribution in [0, 0.1) is 6.92 Å². The van der Waals surface area contributed by atoms with Crippen LogP contribution < -0.4 is 5.32 Å². The van der Waals surface area contributed by atoms with Crippen molar-refractivity contribution in [2.75, 3.05) is 11.9 Å². The highest BCUT2D eigenvalue weighted by Crippen LogP contribution is 2.31. The van der Waals surface area contributed by atoms with Crippen molar-refractivity contribution in [2.45, 2.75) is 37.1 Å². The Morgan fingerprint density at radius 3 is 2.79 bits per heavy atom. The first-order chi connectivity index (χ1) is 13.4. The summed E-state index contributed by atoms with van der Waals surface area (Å²) in [5.74, 6) is 0.192. The molecule has 2 heterocycles. The number of nitrogens with zero attached hydrogens (tertiary/aromatic N) is 2. The Kier molecular flexibility index (Phi) is 4.89. The van der Waals surface area contributed by atoms with E-state index in [9.17, 15) is 13.2 Å². The van der Waals surface area contributed by atoms with Gasteiger partial charge < -0.3 is 10.2 Å². The molecule has 2 aromatic carbocycles. The second-order valence-corrected chi connectivity index (χ2v) is 9.05. The van der Waals surface area contributed by atoms with Crippen LogP contribution in [0.2, 0.25) is 5.02 Å². The number of amidine groups is 1. The van der Waals surface area contributed by atoms with E-state index in [4.69, 9.17) is 11.6 Å². The van der Waals surface area contributed by atoms with Gasteiger partial charge in [-0.15, -0.1) is 4.40 Å². The molecule has 0 aromatic heterocycles. The van der Waals surface area contributed by atoms with Crippen LogP contribution in [0.3, 0.4) is 0 Å². The number of rotatable bonds is 2. The van der Waals surface area contributed by atoms with Crippen molar-refractivity contribution >= 4 is 39.1 Å². The Bertz CT molecular complexity index is 1080. The standard InChI is InChI=1S/C20H20ClN3O3S/c1-13-12-14(21)9-10-16(13)22-20(25)17-7-4-5-11-24(17)19-15-6-2-3-8-18(15)28(26,27)23-19/h2-3,6,8-10,12,17H,4-5,7,11H2,1H3,(H,22,25)/t17-/m0/s1. The molecule has 0 saturated carbocycles. The van der Waals surface area contributed by atoms with Crippen LogP contribution >= 0.6 is 11.6 Å². The number of piperidine rings is 1. The van der Waals surface area contributed by atoms with Gasteiger partial charge in [-0.1, -0.05) is 23.7 Å². The molecule has 0 radical (unpaired) electrons. The van der Waals surface area contributed by atoms with Crippen LogP contribution in [-0.4, -0.2) is 37.6 Å². The lowest BCUT2D eigenvalue weighted by molar-refractivity contribution is -0.120. The van der Waals surface area contributed by atoms with Gasteiger partial charge in [0.15, 0.2) is 5.84 Å². The molecular weight excluding hydrogens is 398 g/mol. The minimum absolute atomic E-state index is 0.172. The summed E-state index contributed by atoms with van der Waals surface area (Å²) < 4.78 is 28.8. The quantitative estimate of drug-likeness (QED) is 0.809. The summed E-state index contributed by atoms with van der Waals surface area (Å²) in [6, 6.07) is 11.6. The lowest BCUT2D eigenvalue weighted by atomic mass is 9.99. The van der Waals surface area contributed by atoms with Crippen LogP contribution in [0.4, 0.5) is 5.69 Å². The zero-order chi connectivity index (χ0) is 19.9. The predicted octanol–water partition coefficient (Wildman–Crippen LogP) is 3.59. The first-order valence-corrected chi connectivity index (χ1v) is 11.0. The molecule has 8 heteroatoms. The fraction of sp³-hybridized carbons (Fsp3) is 0.300. The van der Waals surface area contributed by atoms with E-state index in [0.29, 0.717) is 35.1 Å². The van der Waals surface area contributed by atoms with Crippen molar-refractivity contribution in [3.63, 3.8) is 0 Å². The lowest BCUT2D eigenvalue weighted by Crippen LogP contribution is -2.50. The number of hydrogen-bond acceptors (Lipinski definition) is 4. The van der Waals surface area contributed by atoms with Crippen LogP contribution in [0.15, 0.2) is 51.8 Å². The molecule has 28 heavy (non-hydrogen) atoms. The van der Waals surface area contributed by atoms with Gasteiger partial charge in [0.2, 0.25) is 5.91 Å². The summed E-state index contributed by atoms with van der Waals surface area (Å²) in [4.78, 5) is 15.1. The van der Waals surface area contributed by atoms with Gasteiger partial charge in [-0.3, -0.25) is 4.79 Å². The first-order valence-electron chi connectivity index (χ1n) is 9.15. The van der Waals surface area contributed by atoms with Gasteiger partial charge >= 0.3 is 0 Å². The maximum Gasteiger partial charge on any atom is 0.285 e. The van der Waals surface area contributed by atoms with E-state index in [0.717, 1.165) is 18.4 Å². The summed E-state index contributed by atoms with van der Waals surface area (Å²) in [5.41, 5.74) is 2.13. The third-order valence-corrected chi connectivity index (χ3v) is 6.70. The van der Waals surface area contributed by atoms with Crippen LogP contribution in [0.5, 0.6) is 0 Å². The van der Waals surface area contributed by atoms with Crippen LogP contribution in [-0.2, 0) is 14.8 Å². The molecular formula is C20H20ClN3O3S. The normalized spacial score (nSPS) is 20.4. The second kappa shape index (κ2) is 7.22. The van der Waals surface area contributed by atoms with Crippen LogP contribution in [0.1, 0.15) is 30.4 Å². The number of anilines is 1. The second-order valence-electron chi connectivity index (χ2n) is 7.04. The topological polar surface area (TPSA) is 78.8 Å². The number of hydrogen-bond donors (Lipinski definition) is 1. The van der Waals surface area contributed by atoms with Crippen molar-refractivity contribution in [3.05, 3.63) is 58.6 Å². The largest absolute Gasteiger partial charge is 0.343 e. The summed E-state index contributed by atoms with van der Waals surface area (Å²) in [7, 11) is -3.72. The molecule has 0 aliphatic carbocycles. The number of halogens is 1. The van der Waals surface area contributed by atoms with Crippen molar-refractivity contribution in [2.24, 2.45) is 4.40 Å². The minimum atomic E-state index is -3.72. The number of aryl methyl sites for hydroxylation is 1. The molecule has 146 valence electrons. The van der Waals surface area contributed by atoms with E-state index < -0.39 is 16.1 Å². The molecule has 2 aliphatic rings. The number of nitrogens with one attached hydrogen (secondary N) is 1. The Morgan fingerprint density at radius 1 is 1.21 bits per heavy atom. The molecule has 0 bridgehead atoms. The summed E-state index contributed by atoms with van der Waals surface area (Å²) in [6.07, 6.45) is 2.42. The summed E-state index contributed by atoms with van der Waals surface area (Å²) in [6.45, 7) is 2.46. The average Bonchev–Trinajstić information content (AvgIpc) is 2.95. The molecule has 0 spiro atoms. The first kappa shape index (κ1) is 19.0. The average molecular weight is 418 g/mol. The molecule has 0 unspecified atom stereocenters. The van der Waals surface area contributed by atoms with Crippen molar-refractivity contribution in [3.8, 4) is 0 Å². The highest BCUT2D eigenvalue weighted by atomic mass is 35.5. The molecule has 1 fully saturated rings. The summed E-state index contributed by atoms with van der Waals surface area (Å²) in [5, 5.41) is 3.57. The minimum Gasteiger partial charge on any atom is -0.343 e. The molecule has 2 aromatic rings. The van der Waals surface area contributed by atoms with Crippen molar-refractivity contribution in [1.82, 2.24) is 4.90 Å². The number of carbonyl (C=O) groups is 1. The van der Waals surface area contributed by atoms with Gasteiger partial charge in [0.05, 0.1) is 0 Å². The van der Waals surface area contributed by atoms with Gasteiger partial charge in [-0.2, -0.15) is 8.42 Å². The number of benzene rings is 2. The van der Waals surface area contributed by atoms with Crippen LogP contribution in [0.25, 0.3) is 0 Å². The SMILES string of the molecule is Cc1cc(Cl)ccc1NC(=O)[C@@H]1CCCCN1C1=NS(=O)(=O)c2ccccc21. The smallest absolute Gasteiger partial charge is 0.285 e. The Labute approximate surface area is 169 Å². The molecule has 2 aliphatic heterocycles. The zero-order valence-electron chi connectivity index (χ0n) is 15.4. The maximum absolute atomic E-state index is 13.1. The Morgan fingerprint density at radius 2 is 2.00 bits per heavy atom. The number of likely N-dealkylation sites (tertiary alicyclic amines) is 1. The van der Waals surface area contributed by atoms with Gasteiger partial charge in [0.1, 0.15) is 10.9 Å². The van der Waals surface area contributed by atoms with Gasteiger partial charge in [-0.25, -0.2) is 0 Å². The number of sulfonamides is 1. The number of carbonyl (C=O) groups excluding carboxylic acids is 1. The van der Waals surface area contributed by atoms with Gasteiger partial charge in [0.25, 0.3) is 10.0 Å². The van der Waals surface area contributed by atoms with E-state index in [2.05, 4.69) is 9.71 Å². The molecule has 1 amide bonds. The molecule has 1 N–H and O–H groups in total. The fourth-order valence-corrected chi connectivity index (χ4v) is 5.18. The molecule has 1 atom stereocenters. The van der Waals surface area contributed by atoms with E-state index in [1.807, 2.05) is 11.8 Å². The highest BCUT2D eigenvalue weighted by molar-refractivity contribution is 7.90. The van der Waals surface area contributed by atoms with Gasteiger partial charge in [0, 0.05) is 22.8 Å². The summed E-state index contributed by atoms with van der Waals surface area (Å²) >= 11 is 5.99. The highest BCUT2D eigenvalue weighted by Gasteiger charge is 2.38. The zero-order valence-corrected chi connectivity index (χ0v) is 16.9. The molecule has 6 nitrogen and oxygen atoms in total. The maximum atomic E-state index is 13.1.